The Balaban J connectivity index is 0.000000433. The summed E-state index contributed by atoms with van der Waals surface area (Å²) in [5, 5.41) is 11.8. The van der Waals surface area contributed by atoms with Gasteiger partial charge in [-0.25, -0.2) is 4.98 Å². The fourth-order valence-corrected chi connectivity index (χ4v) is 7.30. The number of hydrogen-bond donors (Lipinski definition) is 3. The zero-order chi connectivity index (χ0) is 26.2. The molecule has 1 saturated heterocycles. The van der Waals surface area contributed by atoms with E-state index in [1.54, 1.807) is 0 Å². The van der Waals surface area contributed by atoms with Gasteiger partial charge in [-0.1, -0.05) is 51.7 Å². The van der Waals surface area contributed by atoms with Crippen LogP contribution in [0.4, 0.5) is 17.5 Å². The molecule has 1 aromatic carbocycles. The fraction of sp³-hybridized carbons (Fsp3) is 0.613. The second kappa shape index (κ2) is 13.7. The molecular formula is C31H45N5OS. The number of rotatable bonds is 8. The predicted octanol–water partition coefficient (Wildman–Crippen LogP) is 7.57. The highest BCUT2D eigenvalue weighted by molar-refractivity contribution is 7.19. The van der Waals surface area contributed by atoms with Crippen LogP contribution in [0.3, 0.4) is 0 Å². The van der Waals surface area contributed by atoms with Crippen molar-refractivity contribution in [2.75, 3.05) is 36.9 Å². The summed E-state index contributed by atoms with van der Waals surface area (Å²) in [5.41, 5.74) is 4.00. The standard InChI is InChI=1S/C27H36N4S.C4H9NO/c1-3-9-18(4-2)19-14-16-21(17-15-19)29-27-30-25(28-20-10-6-5-7-11-20)24-22-12-8-13-23(22)32-26(24)31-27;1-3-6-4-2-5-1/h14-18,20H,3-13H2,1-2H3,(H2,28,29,30,31);5H,1-4H2. The van der Waals surface area contributed by atoms with Gasteiger partial charge in [0.25, 0.3) is 0 Å². The van der Waals surface area contributed by atoms with Crippen LogP contribution in [0.2, 0.25) is 0 Å². The highest BCUT2D eigenvalue weighted by atomic mass is 32.1. The van der Waals surface area contributed by atoms with Crippen LogP contribution in [0.1, 0.15) is 93.6 Å². The molecule has 0 radical (unpaired) electrons. The van der Waals surface area contributed by atoms with E-state index in [1.165, 1.54) is 92.0 Å². The first kappa shape index (κ1) is 27.4. The van der Waals surface area contributed by atoms with Crippen molar-refractivity contribution >= 4 is 39.0 Å². The van der Waals surface area contributed by atoms with E-state index >= 15 is 0 Å². The van der Waals surface area contributed by atoms with Gasteiger partial charge in [0.1, 0.15) is 10.6 Å². The Kier molecular flexibility index (Phi) is 9.88. The number of nitrogens with zero attached hydrogens (tertiary/aromatic N) is 2. The van der Waals surface area contributed by atoms with Gasteiger partial charge in [-0.05, 0) is 74.1 Å². The van der Waals surface area contributed by atoms with Gasteiger partial charge in [0.15, 0.2) is 0 Å². The summed E-state index contributed by atoms with van der Waals surface area (Å²) in [6.07, 6.45) is 13.8. The molecule has 6 rings (SSSR count). The second-order valence-corrected chi connectivity index (χ2v) is 12.0. The highest BCUT2D eigenvalue weighted by Gasteiger charge is 2.24. The molecule has 2 aromatic heterocycles. The Labute approximate surface area is 232 Å². The largest absolute Gasteiger partial charge is 0.379 e. The molecule has 3 N–H and O–H groups in total. The number of nitrogens with one attached hydrogen (secondary N) is 3. The van der Waals surface area contributed by atoms with Gasteiger partial charge in [-0.3, -0.25) is 0 Å². The number of ether oxygens (including phenoxy) is 1. The molecule has 1 unspecified atom stereocenters. The Morgan fingerprint density at radius 1 is 1.00 bits per heavy atom. The number of fused-ring (bicyclic) bond motifs is 3. The topological polar surface area (TPSA) is 71.1 Å². The van der Waals surface area contributed by atoms with E-state index in [0.717, 1.165) is 42.6 Å². The second-order valence-electron chi connectivity index (χ2n) is 10.9. The van der Waals surface area contributed by atoms with E-state index in [4.69, 9.17) is 14.7 Å². The average molecular weight is 536 g/mol. The molecule has 6 nitrogen and oxygen atoms in total. The van der Waals surface area contributed by atoms with Crippen LogP contribution in [-0.4, -0.2) is 42.3 Å². The zero-order valence-electron chi connectivity index (χ0n) is 23.3. The zero-order valence-corrected chi connectivity index (χ0v) is 24.1. The van der Waals surface area contributed by atoms with Gasteiger partial charge >= 0.3 is 0 Å². The van der Waals surface area contributed by atoms with Crippen molar-refractivity contribution in [1.29, 1.82) is 0 Å². The third-order valence-corrected chi connectivity index (χ3v) is 9.31. The van der Waals surface area contributed by atoms with Crippen LogP contribution >= 0.6 is 11.3 Å². The summed E-state index contributed by atoms with van der Waals surface area (Å²) >= 11 is 1.87. The third kappa shape index (κ3) is 6.85. The van der Waals surface area contributed by atoms with Gasteiger partial charge < -0.3 is 20.7 Å². The minimum Gasteiger partial charge on any atom is -0.379 e. The van der Waals surface area contributed by atoms with Crippen LogP contribution < -0.4 is 16.0 Å². The van der Waals surface area contributed by atoms with Gasteiger partial charge in [0.2, 0.25) is 5.95 Å². The molecule has 2 aliphatic carbocycles. The SMILES string of the molecule is C1COCCN1.CCCC(CC)c1ccc(Nc2nc(NC3CCCCC3)c3c4c(sc3n2)CCC4)cc1. The smallest absolute Gasteiger partial charge is 0.230 e. The number of aromatic nitrogens is 2. The van der Waals surface area contributed by atoms with Crippen molar-refractivity contribution in [3.05, 3.63) is 40.3 Å². The number of morpholine rings is 1. The van der Waals surface area contributed by atoms with Crippen LogP contribution in [0.15, 0.2) is 24.3 Å². The van der Waals surface area contributed by atoms with Gasteiger partial charge in [-0.2, -0.15) is 4.98 Å². The van der Waals surface area contributed by atoms with Crippen LogP contribution in [0, 0.1) is 0 Å². The molecule has 3 heterocycles. The Hall–Kier alpha value is -2.22. The summed E-state index contributed by atoms with van der Waals surface area (Å²) in [7, 11) is 0. The minimum absolute atomic E-state index is 0.537. The number of hydrogen-bond acceptors (Lipinski definition) is 7. The maximum absolute atomic E-state index is 5.02. The third-order valence-electron chi connectivity index (χ3n) is 8.13. The fourth-order valence-electron chi connectivity index (χ4n) is 6.03. The van der Waals surface area contributed by atoms with E-state index in [0.29, 0.717) is 17.9 Å². The normalized spacial score (nSPS) is 18.5. The molecule has 1 atom stereocenters. The van der Waals surface area contributed by atoms with Gasteiger partial charge in [-0.15, -0.1) is 11.3 Å². The molecule has 2 fully saturated rings. The molecule has 3 aliphatic rings. The molecule has 7 heteroatoms. The van der Waals surface area contributed by atoms with Crippen LogP contribution in [0.5, 0.6) is 0 Å². The first-order valence-corrected chi connectivity index (χ1v) is 15.8. The number of anilines is 3. The summed E-state index contributed by atoms with van der Waals surface area (Å²) in [6, 6.07) is 9.45. The minimum atomic E-state index is 0.537. The molecule has 0 amide bonds. The highest BCUT2D eigenvalue weighted by Crippen LogP contribution is 2.41. The lowest BCUT2D eigenvalue weighted by Crippen LogP contribution is -2.30. The Morgan fingerprint density at radius 2 is 1.79 bits per heavy atom. The Morgan fingerprint density at radius 3 is 2.45 bits per heavy atom. The van der Waals surface area contributed by atoms with Crippen molar-refractivity contribution in [3.8, 4) is 0 Å². The Bertz CT molecular complexity index is 1140. The van der Waals surface area contributed by atoms with Crippen LogP contribution in [0.25, 0.3) is 10.2 Å². The van der Waals surface area contributed by atoms with Crippen molar-refractivity contribution in [1.82, 2.24) is 15.3 Å². The molecule has 3 aromatic rings. The van der Waals surface area contributed by atoms with E-state index in [-0.39, 0.29) is 0 Å². The monoisotopic (exact) mass is 535 g/mol. The summed E-state index contributed by atoms with van der Waals surface area (Å²) in [4.78, 5) is 12.6. The lowest BCUT2D eigenvalue weighted by atomic mass is 9.92. The average Bonchev–Trinajstić information content (AvgIpc) is 3.55. The first-order chi connectivity index (χ1) is 18.7. The molecule has 38 heavy (non-hydrogen) atoms. The van der Waals surface area contributed by atoms with Crippen molar-refractivity contribution in [3.63, 3.8) is 0 Å². The van der Waals surface area contributed by atoms with E-state index in [1.807, 2.05) is 11.3 Å². The van der Waals surface area contributed by atoms with Crippen molar-refractivity contribution in [2.45, 2.75) is 96.4 Å². The maximum atomic E-state index is 5.02. The maximum Gasteiger partial charge on any atom is 0.230 e. The number of thiophene rings is 1. The van der Waals surface area contributed by atoms with Gasteiger partial charge in [0, 0.05) is 29.7 Å². The first-order valence-electron chi connectivity index (χ1n) is 15.0. The summed E-state index contributed by atoms with van der Waals surface area (Å²) in [5.74, 6) is 2.42. The van der Waals surface area contributed by atoms with Crippen molar-refractivity contribution in [2.24, 2.45) is 0 Å². The van der Waals surface area contributed by atoms with E-state index in [2.05, 4.69) is 54.1 Å². The molecule has 0 bridgehead atoms. The number of benzene rings is 1. The van der Waals surface area contributed by atoms with E-state index < -0.39 is 0 Å². The van der Waals surface area contributed by atoms with Crippen molar-refractivity contribution < 1.29 is 4.74 Å². The lowest BCUT2D eigenvalue weighted by Gasteiger charge is -2.24. The summed E-state index contributed by atoms with van der Waals surface area (Å²) < 4.78 is 5.01. The quantitative estimate of drug-likeness (QED) is 0.276. The number of aryl methyl sites for hydroxylation is 2. The molecule has 206 valence electrons. The molecule has 1 saturated carbocycles. The summed E-state index contributed by atoms with van der Waals surface area (Å²) in [6.45, 7) is 8.39. The van der Waals surface area contributed by atoms with E-state index in [9.17, 15) is 0 Å². The van der Waals surface area contributed by atoms with Gasteiger partial charge in [0.05, 0.1) is 18.6 Å². The lowest BCUT2D eigenvalue weighted by molar-refractivity contribution is 0.109. The molecular weight excluding hydrogens is 490 g/mol. The molecule has 0 spiro atoms. The van der Waals surface area contributed by atoms with Crippen LogP contribution in [-0.2, 0) is 17.6 Å². The molecule has 1 aliphatic heterocycles. The predicted molar refractivity (Wildman–Crippen MR) is 161 cm³/mol.